The molecule has 0 amide bonds. The van der Waals surface area contributed by atoms with Crippen molar-refractivity contribution >= 4 is 5.97 Å². The summed E-state index contributed by atoms with van der Waals surface area (Å²) in [5.74, 6) is -0.0708. The summed E-state index contributed by atoms with van der Waals surface area (Å²) in [4.78, 5) is 12.6. The summed E-state index contributed by atoms with van der Waals surface area (Å²) in [6.07, 6.45) is 0.497. The maximum absolute atomic E-state index is 12.6. The summed E-state index contributed by atoms with van der Waals surface area (Å²) >= 11 is 0. The van der Waals surface area contributed by atoms with Gasteiger partial charge in [-0.1, -0.05) is 0 Å². The van der Waals surface area contributed by atoms with Crippen LogP contribution in [0.1, 0.15) is 22.6 Å². The molecule has 1 saturated heterocycles. The maximum Gasteiger partial charge on any atom is 0.310 e. The third kappa shape index (κ3) is 2.48. The van der Waals surface area contributed by atoms with Crippen molar-refractivity contribution in [2.75, 3.05) is 27.6 Å². The van der Waals surface area contributed by atoms with Gasteiger partial charge in [-0.15, -0.1) is 0 Å². The van der Waals surface area contributed by atoms with E-state index in [0.717, 1.165) is 5.56 Å². The molecular weight excluding hydrogens is 380 g/mol. The van der Waals surface area contributed by atoms with Crippen molar-refractivity contribution in [1.82, 2.24) is 0 Å². The Morgan fingerprint density at radius 3 is 2.41 bits per heavy atom. The van der Waals surface area contributed by atoms with Crippen LogP contribution in [0.2, 0.25) is 0 Å². The van der Waals surface area contributed by atoms with Gasteiger partial charge in [0.15, 0.2) is 23.0 Å². The van der Waals surface area contributed by atoms with Gasteiger partial charge < -0.3 is 33.9 Å². The predicted octanol–water partition coefficient (Wildman–Crippen LogP) is 2.32. The lowest BCUT2D eigenvalue weighted by Crippen LogP contribution is -2.31. The molecule has 3 atom stereocenters. The second kappa shape index (κ2) is 6.37. The number of rotatable bonds is 3. The van der Waals surface area contributed by atoms with Gasteiger partial charge in [0, 0.05) is 17.4 Å². The Labute approximate surface area is 166 Å². The summed E-state index contributed by atoms with van der Waals surface area (Å²) < 4.78 is 26.9. The molecule has 1 fully saturated rings. The second-order valence-electron chi connectivity index (χ2n) is 7.40. The molecule has 2 N–H and O–H groups in total. The first-order valence-corrected chi connectivity index (χ1v) is 9.29. The Bertz CT molecular complexity index is 989. The van der Waals surface area contributed by atoms with Crippen LogP contribution in [0, 0.1) is 11.8 Å². The number of hydrogen-bond acceptors (Lipinski definition) is 8. The van der Waals surface area contributed by atoms with Crippen molar-refractivity contribution in [3.8, 4) is 34.5 Å². The minimum Gasteiger partial charge on any atom is -0.504 e. The van der Waals surface area contributed by atoms with Crippen molar-refractivity contribution in [3.05, 3.63) is 34.9 Å². The highest BCUT2D eigenvalue weighted by Gasteiger charge is 2.49. The number of carbonyl (C=O) groups is 1. The lowest BCUT2D eigenvalue weighted by Gasteiger charge is -2.34. The van der Waals surface area contributed by atoms with Gasteiger partial charge in [0.05, 0.1) is 26.7 Å². The molecule has 0 radical (unpaired) electrons. The Morgan fingerprint density at radius 2 is 1.72 bits per heavy atom. The van der Waals surface area contributed by atoms with Gasteiger partial charge in [0.25, 0.3) is 0 Å². The summed E-state index contributed by atoms with van der Waals surface area (Å²) in [7, 11) is 2.90. The topological polar surface area (TPSA) is 104 Å². The first-order valence-electron chi connectivity index (χ1n) is 9.29. The molecule has 3 aliphatic rings. The van der Waals surface area contributed by atoms with E-state index in [1.165, 1.54) is 14.2 Å². The first-order chi connectivity index (χ1) is 14.0. The molecule has 0 bridgehead atoms. The summed E-state index contributed by atoms with van der Waals surface area (Å²) in [6.45, 7) is 0.325. The SMILES string of the molecule is COc1cc(C2c3cc4c(c(O)c3C[C@@H]3COC(=O)[C@@H]23)OCO4)cc(OC)c1O. The van der Waals surface area contributed by atoms with E-state index >= 15 is 0 Å². The zero-order valence-electron chi connectivity index (χ0n) is 15.9. The van der Waals surface area contributed by atoms with Crippen LogP contribution in [0.4, 0.5) is 0 Å². The maximum atomic E-state index is 12.6. The molecule has 2 aromatic rings. The second-order valence-corrected chi connectivity index (χ2v) is 7.40. The average molecular weight is 400 g/mol. The number of benzene rings is 2. The minimum absolute atomic E-state index is 0.0339. The summed E-state index contributed by atoms with van der Waals surface area (Å²) in [5.41, 5.74) is 2.19. The van der Waals surface area contributed by atoms with E-state index in [1.54, 1.807) is 12.1 Å². The fraction of sp³-hybridized carbons (Fsp3) is 0.381. The van der Waals surface area contributed by atoms with Gasteiger partial charge in [-0.2, -0.15) is 0 Å². The van der Waals surface area contributed by atoms with Crippen LogP contribution in [0.25, 0.3) is 0 Å². The highest BCUT2D eigenvalue weighted by Crippen LogP contribution is 2.55. The van der Waals surface area contributed by atoms with Crippen molar-refractivity contribution in [1.29, 1.82) is 0 Å². The Kier molecular flexibility index (Phi) is 3.90. The van der Waals surface area contributed by atoms with Crippen molar-refractivity contribution < 1.29 is 38.7 Å². The molecule has 2 aliphatic heterocycles. The highest BCUT2D eigenvalue weighted by molar-refractivity contribution is 5.79. The standard InChI is InChI=1S/C21H20O8/c1-25-13-4-9(5-14(26-2)19(13)23)16-11-6-15-20(29-8-28-15)18(22)12(11)3-10-7-27-21(24)17(10)16/h4-6,10,16-17,22-23H,3,7-8H2,1-2H3/t10-,16?,17-/m1/s1. The van der Waals surface area contributed by atoms with Crippen molar-refractivity contribution in [3.63, 3.8) is 0 Å². The smallest absolute Gasteiger partial charge is 0.310 e. The fourth-order valence-electron chi connectivity index (χ4n) is 4.69. The van der Waals surface area contributed by atoms with Crippen LogP contribution < -0.4 is 18.9 Å². The third-order valence-electron chi connectivity index (χ3n) is 6.02. The quantitative estimate of drug-likeness (QED) is 0.757. The number of methoxy groups -OCH3 is 2. The summed E-state index contributed by atoms with van der Waals surface area (Å²) in [6, 6.07) is 5.18. The molecule has 2 aromatic carbocycles. The van der Waals surface area contributed by atoms with Gasteiger partial charge in [0.1, 0.15) is 0 Å². The summed E-state index contributed by atoms with van der Waals surface area (Å²) in [5, 5.41) is 21.1. The monoisotopic (exact) mass is 400 g/mol. The molecule has 29 heavy (non-hydrogen) atoms. The first kappa shape index (κ1) is 17.8. The molecular formula is C21H20O8. The van der Waals surface area contributed by atoms with E-state index < -0.39 is 11.8 Å². The van der Waals surface area contributed by atoms with Crippen LogP contribution in [-0.2, 0) is 16.0 Å². The molecule has 1 unspecified atom stereocenters. The van der Waals surface area contributed by atoms with Crippen LogP contribution >= 0.6 is 0 Å². The van der Waals surface area contributed by atoms with Crippen LogP contribution in [-0.4, -0.2) is 43.8 Å². The lowest BCUT2D eigenvalue weighted by atomic mass is 9.67. The third-order valence-corrected chi connectivity index (χ3v) is 6.02. The molecule has 152 valence electrons. The van der Waals surface area contributed by atoms with E-state index in [2.05, 4.69) is 0 Å². The van der Waals surface area contributed by atoms with E-state index in [9.17, 15) is 15.0 Å². The zero-order valence-corrected chi connectivity index (χ0v) is 15.9. The normalized spacial score (nSPS) is 23.9. The number of phenols is 2. The van der Waals surface area contributed by atoms with Gasteiger partial charge >= 0.3 is 5.97 Å². The van der Waals surface area contributed by atoms with E-state index in [1.807, 2.05) is 6.07 Å². The Balaban J connectivity index is 1.75. The Morgan fingerprint density at radius 1 is 1.00 bits per heavy atom. The van der Waals surface area contributed by atoms with Gasteiger partial charge in [0.2, 0.25) is 18.3 Å². The van der Waals surface area contributed by atoms with E-state index in [-0.39, 0.29) is 41.7 Å². The molecule has 0 saturated carbocycles. The zero-order chi connectivity index (χ0) is 20.3. The van der Waals surface area contributed by atoms with Gasteiger partial charge in [-0.25, -0.2) is 0 Å². The number of esters is 1. The average Bonchev–Trinajstić information content (AvgIpc) is 3.34. The number of phenolic OH excluding ortho intramolecular Hbond substituents is 2. The van der Waals surface area contributed by atoms with Crippen molar-refractivity contribution in [2.45, 2.75) is 12.3 Å². The lowest BCUT2D eigenvalue weighted by molar-refractivity contribution is -0.141. The number of fused-ring (bicyclic) bond motifs is 3. The van der Waals surface area contributed by atoms with Crippen molar-refractivity contribution in [2.24, 2.45) is 11.8 Å². The van der Waals surface area contributed by atoms with Crippen LogP contribution in [0.15, 0.2) is 18.2 Å². The highest BCUT2D eigenvalue weighted by atomic mass is 16.7. The minimum atomic E-state index is -0.429. The molecule has 0 aromatic heterocycles. The number of ether oxygens (including phenoxy) is 5. The largest absolute Gasteiger partial charge is 0.504 e. The molecule has 1 aliphatic carbocycles. The molecule has 0 spiro atoms. The number of cyclic esters (lactones) is 1. The fourth-order valence-corrected chi connectivity index (χ4v) is 4.69. The van der Waals surface area contributed by atoms with E-state index in [0.29, 0.717) is 35.7 Å². The number of hydrogen-bond donors (Lipinski definition) is 2. The Hall–Kier alpha value is -3.29. The predicted molar refractivity (Wildman–Crippen MR) is 98.9 cm³/mol. The van der Waals surface area contributed by atoms with Gasteiger partial charge in [-0.05, 0) is 35.7 Å². The number of aromatic hydroxyl groups is 2. The molecule has 2 heterocycles. The van der Waals surface area contributed by atoms with E-state index in [4.69, 9.17) is 23.7 Å². The van der Waals surface area contributed by atoms with Gasteiger partial charge in [-0.3, -0.25) is 4.79 Å². The molecule has 8 heteroatoms. The molecule has 5 rings (SSSR count). The van der Waals surface area contributed by atoms with Crippen LogP contribution in [0.5, 0.6) is 34.5 Å². The molecule has 8 nitrogen and oxygen atoms in total. The number of carbonyl (C=O) groups excluding carboxylic acids is 1. The van der Waals surface area contributed by atoms with Crippen LogP contribution in [0.3, 0.4) is 0 Å².